The van der Waals surface area contributed by atoms with Crippen molar-refractivity contribution < 1.29 is 33.8 Å². The first-order valence-electron chi connectivity index (χ1n) is 3.37. The summed E-state index contributed by atoms with van der Waals surface area (Å²) >= 11 is 0. The normalized spacial score (nSPS) is 15.8. The molecule has 0 rings (SSSR count). The highest BCUT2D eigenvalue weighted by molar-refractivity contribution is 7.52. The van der Waals surface area contributed by atoms with E-state index >= 15 is 0 Å². The molecule has 0 aliphatic rings. The van der Waals surface area contributed by atoms with E-state index in [1.165, 1.54) is 0 Å². The highest BCUT2D eigenvalue weighted by atomic mass is 31.2. The van der Waals surface area contributed by atoms with E-state index < -0.39 is 33.6 Å². The summed E-state index contributed by atoms with van der Waals surface area (Å²) in [6.07, 6.45) is -3.05. The lowest BCUT2D eigenvalue weighted by Gasteiger charge is -2.11. The maximum atomic E-state index is 10.3. The summed E-state index contributed by atoms with van der Waals surface area (Å²) < 4.78 is 20.6. The van der Waals surface area contributed by atoms with Crippen molar-refractivity contribution in [2.24, 2.45) is 0 Å². The molecule has 0 aliphatic heterocycles. The van der Waals surface area contributed by atoms with Crippen molar-refractivity contribution in [2.75, 3.05) is 12.3 Å². The van der Waals surface area contributed by atoms with Gasteiger partial charge in [0.15, 0.2) is 0 Å². The summed E-state index contributed by atoms with van der Waals surface area (Å²) in [5.74, 6) is 0. The maximum absolute atomic E-state index is 10.3. The van der Waals surface area contributed by atoms with Crippen LogP contribution < -0.4 is 0 Å². The molecule has 0 aromatic rings. The Hall–Kier alpha value is 0.260. The fourth-order valence-corrected chi connectivity index (χ4v) is 2.05. The van der Waals surface area contributed by atoms with E-state index in [0.29, 0.717) is 0 Å². The SMILES string of the molecule is O=P(O)(O)CCC(O)CP(=O)(O)O. The molecule has 0 saturated heterocycles. The smallest absolute Gasteiger partial charge is 0.328 e. The largest absolute Gasteiger partial charge is 0.392 e. The van der Waals surface area contributed by atoms with Crippen LogP contribution in [0.4, 0.5) is 0 Å². The highest BCUT2D eigenvalue weighted by Gasteiger charge is 2.22. The molecule has 9 heteroatoms. The molecule has 0 bridgehead atoms. The molecule has 0 saturated carbocycles. The van der Waals surface area contributed by atoms with Crippen LogP contribution in [0.2, 0.25) is 0 Å². The van der Waals surface area contributed by atoms with Gasteiger partial charge in [0, 0.05) is 0 Å². The standard InChI is InChI=1S/C4H12O7P2/c5-4(3-13(9,10)11)1-2-12(6,7)8/h4-5H,1-3H2,(H2,6,7,8)(H2,9,10,11). The maximum Gasteiger partial charge on any atom is 0.328 e. The van der Waals surface area contributed by atoms with E-state index in [-0.39, 0.29) is 6.42 Å². The van der Waals surface area contributed by atoms with E-state index in [2.05, 4.69) is 0 Å². The Labute approximate surface area is 74.7 Å². The number of hydrogen-bond acceptors (Lipinski definition) is 3. The van der Waals surface area contributed by atoms with Crippen LogP contribution in [-0.4, -0.2) is 43.1 Å². The Balaban J connectivity index is 3.84. The third-order valence-corrected chi connectivity index (χ3v) is 2.94. The second kappa shape index (κ2) is 4.66. The molecule has 1 unspecified atom stereocenters. The van der Waals surface area contributed by atoms with Gasteiger partial charge in [-0.25, -0.2) is 0 Å². The highest BCUT2D eigenvalue weighted by Crippen LogP contribution is 2.39. The lowest BCUT2D eigenvalue weighted by atomic mass is 10.3. The molecule has 80 valence electrons. The zero-order valence-corrected chi connectivity index (χ0v) is 8.43. The van der Waals surface area contributed by atoms with Gasteiger partial charge in [-0.2, -0.15) is 0 Å². The molecule has 0 aromatic heterocycles. The Morgan fingerprint density at radius 2 is 1.46 bits per heavy atom. The first-order chi connectivity index (χ1) is 5.60. The Morgan fingerprint density at radius 1 is 1.00 bits per heavy atom. The van der Waals surface area contributed by atoms with Gasteiger partial charge in [-0.15, -0.1) is 0 Å². The number of aliphatic hydroxyl groups is 1. The molecule has 1 atom stereocenters. The zero-order chi connectivity index (χ0) is 10.7. The van der Waals surface area contributed by atoms with Gasteiger partial charge in [0.1, 0.15) is 0 Å². The van der Waals surface area contributed by atoms with E-state index in [1.807, 2.05) is 0 Å². The average Bonchev–Trinajstić information content (AvgIpc) is 1.78. The van der Waals surface area contributed by atoms with Crippen LogP contribution in [0.5, 0.6) is 0 Å². The van der Waals surface area contributed by atoms with Gasteiger partial charge < -0.3 is 24.7 Å². The van der Waals surface area contributed by atoms with E-state index in [1.54, 1.807) is 0 Å². The van der Waals surface area contributed by atoms with Crippen molar-refractivity contribution in [3.8, 4) is 0 Å². The molecular weight excluding hydrogens is 222 g/mol. The van der Waals surface area contributed by atoms with Crippen LogP contribution in [-0.2, 0) is 9.13 Å². The molecule has 0 heterocycles. The molecule has 0 amide bonds. The number of aliphatic hydroxyl groups excluding tert-OH is 1. The van der Waals surface area contributed by atoms with E-state index in [0.717, 1.165) is 0 Å². The minimum Gasteiger partial charge on any atom is -0.392 e. The zero-order valence-electron chi connectivity index (χ0n) is 6.65. The lowest BCUT2D eigenvalue weighted by molar-refractivity contribution is 0.183. The second-order valence-electron chi connectivity index (χ2n) is 2.68. The first kappa shape index (κ1) is 13.3. The van der Waals surface area contributed by atoms with Crippen molar-refractivity contribution in [3.05, 3.63) is 0 Å². The summed E-state index contributed by atoms with van der Waals surface area (Å²) in [6, 6.07) is 0. The quantitative estimate of drug-likeness (QED) is 0.388. The minimum absolute atomic E-state index is 0.324. The molecule has 0 fully saturated rings. The third kappa shape index (κ3) is 10.2. The van der Waals surface area contributed by atoms with Crippen molar-refractivity contribution in [2.45, 2.75) is 12.5 Å². The van der Waals surface area contributed by atoms with Gasteiger partial charge >= 0.3 is 15.2 Å². The lowest BCUT2D eigenvalue weighted by Crippen LogP contribution is -2.14. The van der Waals surface area contributed by atoms with Crippen molar-refractivity contribution in [3.63, 3.8) is 0 Å². The third-order valence-electron chi connectivity index (χ3n) is 1.20. The fraction of sp³-hybridized carbons (Fsp3) is 1.00. The monoisotopic (exact) mass is 234 g/mol. The molecule has 13 heavy (non-hydrogen) atoms. The summed E-state index contributed by atoms with van der Waals surface area (Å²) in [5.41, 5.74) is 0. The predicted octanol–water partition coefficient (Wildman–Crippen LogP) is -0.907. The number of rotatable bonds is 5. The summed E-state index contributed by atoms with van der Waals surface area (Å²) in [6.45, 7) is 0. The van der Waals surface area contributed by atoms with Gasteiger partial charge in [0.2, 0.25) is 0 Å². The minimum atomic E-state index is -4.31. The van der Waals surface area contributed by atoms with Crippen LogP contribution in [0.25, 0.3) is 0 Å². The topological polar surface area (TPSA) is 135 Å². The molecule has 0 radical (unpaired) electrons. The molecule has 7 nitrogen and oxygen atoms in total. The average molecular weight is 234 g/mol. The van der Waals surface area contributed by atoms with Gasteiger partial charge in [-0.3, -0.25) is 9.13 Å². The second-order valence-corrected chi connectivity index (χ2v) is 6.15. The predicted molar refractivity (Wildman–Crippen MR) is 44.4 cm³/mol. The van der Waals surface area contributed by atoms with E-state index in [4.69, 9.17) is 24.7 Å². The van der Waals surface area contributed by atoms with Crippen molar-refractivity contribution in [1.29, 1.82) is 0 Å². The molecule has 0 aliphatic carbocycles. The van der Waals surface area contributed by atoms with Gasteiger partial charge in [-0.05, 0) is 6.42 Å². The molecular formula is C4H12O7P2. The summed E-state index contributed by atoms with van der Waals surface area (Å²) in [5, 5.41) is 8.91. The number of hydrogen-bond donors (Lipinski definition) is 5. The van der Waals surface area contributed by atoms with Crippen LogP contribution in [0.3, 0.4) is 0 Å². The van der Waals surface area contributed by atoms with Crippen LogP contribution in [0.15, 0.2) is 0 Å². The Morgan fingerprint density at radius 3 is 1.77 bits per heavy atom. The summed E-state index contributed by atoms with van der Waals surface area (Å²) in [7, 11) is -8.50. The molecule has 0 aromatic carbocycles. The Bertz CT molecular complexity index is 239. The van der Waals surface area contributed by atoms with Gasteiger partial charge in [0.05, 0.1) is 18.4 Å². The fourth-order valence-electron chi connectivity index (χ4n) is 0.683. The van der Waals surface area contributed by atoms with Crippen LogP contribution in [0, 0.1) is 0 Å². The van der Waals surface area contributed by atoms with Crippen LogP contribution in [0.1, 0.15) is 6.42 Å². The summed E-state index contributed by atoms with van der Waals surface area (Å²) in [4.78, 5) is 33.5. The van der Waals surface area contributed by atoms with Crippen molar-refractivity contribution in [1.82, 2.24) is 0 Å². The van der Waals surface area contributed by atoms with Gasteiger partial charge in [-0.1, -0.05) is 0 Å². The molecule has 0 spiro atoms. The van der Waals surface area contributed by atoms with E-state index in [9.17, 15) is 9.13 Å². The molecule has 5 N–H and O–H groups in total. The van der Waals surface area contributed by atoms with Gasteiger partial charge in [0.25, 0.3) is 0 Å². The Kier molecular flexibility index (Phi) is 4.76. The van der Waals surface area contributed by atoms with Crippen molar-refractivity contribution >= 4 is 15.2 Å². The first-order valence-corrected chi connectivity index (χ1v) is 6.97. The van der Waals surface area contributed by atoms with Crippen LogP contribution >= 0.6 is 15.2 Å².